The van der Waals surface area contributed by atoms with Gasteiger partial charge in [0.05, 0.1) is 18.2 Å². The second-order valence-electron chi connectivity index (χ2n) is 6.57. The van der Waals surface area contributed by atoms with Crippen LogP contribution in [0.2, 0.25) is 0 Å². The minimum atomic E-state index is -0.315. The van der Waals surface area contributed by atoms with E-state index in [9.17, 15) is 9.59 Å². The summed E-state index contributed by atoms with van der Waals surface area (Å²) in [6, 6.07) is 10.6. The first-order valence-electron chi connectivity index (χ1n) is 9.07. The third-order valence-corrected chi connectivity index (χ3v) is 4.72. The summed E-state index contributed by atoms with van der Waals surface area (Å²) in [5.41, 5.74) is 1.18. The fraction of sp³-hybridized carbons (Fsp3) is 0.300. The first kappa shape index (κ1) is 17.2. The van der Waals surface area contributed by atoms with Gasteiger partial charge in [-0.1, -0.05) is 23.4 Å². The molecular weight excluding hydrogens is 344 g/mol. The Balaban J connectivity index is 1.62. The van der Waals surface area contributed by atoms with E-state index in [2.05, 4.69) is 16.4 Å². The number of furan rings is 1. The van der Waals surface area contributed by atoms with Gasteiger partial charge >= 0.3 is 0 Å². The average molecular weight is 364 g/mol. The lowest BCUT2D eigenvalue weighted by atomic mass is 10.0. The Labute approximate surface area is 155 Å². The van der Waals surface area contributed by atoms with Crippen molar-refractivity contribution in [1.82, 2.24) is 19.9 Å². The summed E-state index contributed by atoms with van der Waals surface area (Å²) in [7, 11) is 0. The maximum Gasteiger partial charge on any atom is 0.278 e. The molecule has 0 aliphatic heterocycles. The molecule has 0 N–H and O–H groups in total. The number of nitrogens with zero attached hydrogens (tertiary/aromatic N) is 4. The van der Waals surface area contributed by atoms with E-state index in [0.29, 0.717) is 23.2 Å². The van der Waals surface area contributed by atoms with E-state index in [1.54, 1.807) is 41.5 Å². The molecule has 3 aromatic rings. The molecule has 1 amide bonds. The molecule has 1 aromatic carbocycles. The van der Waals surface area contributed by atoms with E-state index < -0.39 is 0 Å². The van der Waals surface area contributed by atoms with Crippen LogP contribution < -0.4 is 5.56 Å². The largest absolute Gasteiger partial charge is 0.467 e. The van der Waals surface area contributed by atoms with E-state index in [-0.39, 0.29) is 18.0 Å². The van der Waals surface area contributed by atoms with Gasteiger partial charge < -0.3 is 9.32 Å². The van der Waals surface area contributed by atoms with Crippen LogP contribution in [0.15, 0.2) is 63.6 Å². The highest BCUT2D eigenvalue weighted by Crippen LogP contribution is 2.23. The van der Waals surface area contributed by atoms with Crippen LogP contribution in [0.4, 0.5) is 0 Å². The van der Waals surface area contributed by atoms with Gasteiger partial charge in [0.15, 0.2) is 0 Å². The Bertz CT molecular complexity index is 1040. The van der Waals surface area contributed by atoms with E-state index in [1.807, 2.05) is 6.07 Å². The molecule has 7 heteroatoms. The molecule has 2 aromatic heterocycles. The van der Waals surface area contributed by atoms with E-state index in [1.165, 1.54) is 0 Å². The first-order chi connectivity index (χ1) is 13.2. The third kappa shape index (κ3) is 3.67. The second kappa shape index (κ2) is 7.57. The van der Waals surface area contributed by atoms with Crippen LogP contribution in [0, 0.1) is 0 Å². The van der Waals surface area contributed by atoms with Crippen LogP contribution in [0.5, 0.6) is 0 Å². The summed E-state index contributed by atoms with van der Waals surface area (Å²) >= 11 is 0. The summed E-state index contributed by atoms with van der Waals surface area (Å²) < 4.78 is 6.55. The fourth-order valence-corrected chi connectivity index (χ4v) is 3.32. The minimum absolute atomic E-state index is 0.158. The Morgan fingerprint density at radius 1 is 1.19 bits per heavy atom. The summed E-state index contributed by atoms with van der Waals surface area (Å²) in [4.78, 5) is 27.4. The predicted molar refractivity (Wildman–Crippen MR) is 99.6 cm³/mol. The van der Waals surface area contributed by atoms with Crippen molar-refractivity contribution >= 4 is 16.8 Å². The number of benzene rings is 1. The lowest BCUT2D eigenvalue weighted by Crippen LogP contribution is -2.37. The molecule has 0 bridgehead atoms. The van der Waals surface area contributed by atoms with E-state index in [4.69, 9.17) is 4.42 Å². The molecule has 0 spiro atoms. The molecule has 0 radical (unpaired) electrons. The van der Waals surface area contributed by atoms with Crippen molar-refractivity contribution in [2.24, 2.45) is 0 Å². The molecule has 138 valence electrons. The molecule has 7 nitrogen and oxygen atoms in total. The quantitative estimate of drug-likeness (QED) is 0.695. The molecule has 0 unspecified atom stereocenters. The lowest BCUT2D eigenvalue weighted by molar-refractivity contribution is -0.131. The van der Waals surface area contributed by atoms with Gasteiger partial charge in [-0.25, -0.2) is 4.68 Å². The van der Waals surface area contributed by atoms with Gasteiger partial charge in [-0.05, 0) is 49.9 Å². The highest BCUT2D eigenvalue weighted by molar-refractivity contribution is 5.79. The zero-order valence-corrected chi connectivity index (χ0v) is 14.9. The van der Waals surface area contributed by atoms with Crippen molar-refractivity contribution in [3.63, 3.8) is 0 Å². The Morgan fingerprint density at radius 3 is 2.85 bits per heavy atom. The first-order valence-corrected chi connectivity index (χ1v) is 9.07. The number of carbonyl (C=O) groups excluding carboxylic acids is 1. The molecule has 0 saturated carbocycles. The van der Waals surface area contributed by atoms with Crippen molar-refractivity contribution in [2.45, 2.75) is 38.8 Å². The highest BCUT2D eigenvalue weighted by Gasteiger charge is 2.22. The van der Waals surface area contributed by atoms with Gasteiger partial charge in [0, 0.05) is 5.70 Å². The number of rotatable bonds is 5. The van der Waals surface area contributed by atoms with Crippen molar-refractivity contribution in [2.75, 3.05) is 0 Å². The normalized spacial score (nSPS) is 14.1. The molecule has 1 aliphatic rings. The number of hydrogen-bond acceptors (Lipinski definition) is 5. The molecule has 0 fully saturated rings. The molecule has 27 heavy (non-hydrogen) atoms. The standard InChI is InChI=1S/C20H20N4O3/c25-19(14-24-20(26)17-10-4-5-11-18(17)21-22-24)23(13-16-9-6-12-27-16)15-7-2-1-3-8-15/h4-7,9-12H,1-3,8,13-14H2. The molecular formula is C20H20N4O3. The Morgan fingerprint density at radius 2 is 2.07 bits per heavy atom. The third-order valence-electron chi connectivity index (χ3n) is 4.72. The van der Waals surface area contributed by atoms with Crippen molar-refractivity contribution in [1.29, 1.82) is 0 Å². The van der Waals surface area contributed by atoms with E-state index in [0.717, 1.165) is 36.1 Å². The monoisotopic (exact) mass is 364 g/mol. The van der Waals surface area contributed by atoms with Crippen molar-refractivity contribution in [3.8, 4) is 0 Å². The molecule has 0 atom stereocenters. The number of amides is 1. The zero-order valence-electron chi connectivity index (χ0n) is 14.9. The van der Waals surface area contributed by atoms with Gasteiger partial charge in [-0.2, -0.15) is 0 Å². The Kier molecular flexibility index (Phi) is 4.82. The average Bonchev–Trinajstić information content (AvgIpc) is 3.22. The van der Waals surface area contributed by atoms with Crippen molar-refractivity contribution < 1.29 is 9.21 Å². The van der Waals surface area contributed by atoms with Crippen LogP contribution in [-0.2, 0) is 17.9 Å². The summed E-state index contributed by atoms with van der Waals surface area (Å²) in [6.07, 6.45) is 7.65. The summed E-state index contributed by atoms with van der Waals surface area (Å²) in [6.45, 7) is 0.183. The smallest absolute Gasteiger partial charge is 0.278 e. The number of allylic oxidation sites excluding steroid dienone is 2. The van der Waals surface area contributed by atoms with Gasteiger partial charge in [0.2, 0.25) is 5.91 Å². The van der Waals surface area contributed by atoms with Gasteiger partial charge in [-0.15, -0.1) is 5.10 Å². The SMILES string of the molecule is O=C(Cn1nnc2ccccc2c1=O)N(Cc1ccco1)C1=CCCCC1. The van der Waals surface area contributed by atoms with Crippen LogP contribution in [0.25, 0.3) is 10.9 Å². The molecule has 4 rings (SSSR count). The fourth-order valence-electron chi connectivity index (χ4n) is 3.32. The maximum atomic E-state index is 13.0. The highest BCUT2D eigenvalue weighted by atomic mass is 16.3. The topological polar surface area (TPSA) is 81.2 Å². The number of aromatic nitrogens is 3. The molecule has 1 aliphatic carbocycles. The van der Waals surface area contributed by atoms with Crippen LogP contribution in [0.3, 0.4) is 0 Å². The lowest BCUT2D eigenvalue weighted by Gasteiger charge is -2.27. The number of hydrogen-bond donors (Lipinski definition) is 0. The second-order valence-corrected chi connectivity index (χ2v) is 6.57. The van der Waals surface area contributed by atoms with Gasteiger partial charge in [0.1, 0.15) is 17.8 Å². The predicted octanol–water partition coefficient (Wildman–Crippen LogP) is 2.87. The molecule has 2 heterocycles. The maximum absolute atomic E-state index is 13.0. The van der Waals surface area contributed by atoms with Gasteiger partial charge in [0.25, 0.3) is 5.56 Å². The minimum Gasteiger partial charge on any atom is -0.467 e. The summed E-state index contributed by atoms with van der Waals surface area (Å²) in [5, 5.41) is 8.44. The number of fused-ring (bicyclic) bond motifs is 1. The molecule has 0 saturated heterocycles. The van der Waals surface area contributed by atoms with Crippen LogP contribution in [-0.4, -0.2) is 25.8 Å². The number of carbonyl (C=O) groups is 1. The van der Waals surface area contributed by atoms with E-state index >= 15 is 0 Å². The van der Waals surface area contributed by atoms with Gasteiger partial charge in [-0.3, -0.25) is 9.59 Å². The zero-order chi connectivity index (χ0) is 18.6. The van der Waals surface area contributed by atoms with Crippen LogP contribution in [0.1, 0.15) is 31.4 Å². The van der Waals surface area contributed by atoms with Crippen molar-refractivity contribution in [3.05, 3.63) is 70.5 Å². The summed E-state index contributed by atoms with van der Waals surface area (Å²) in [5.74, 6) is 0.498. The Hall–Kier alpha value is -3.22. The van der Waals surface area contributed by atoms with Crippen LogP contribution >= 0.6 is 0 Å².